The number of nitrogens with zero attached hydrogens (tertiary/aromatic N) is 2. The van der Waals surface area contributed by atoms with Crippen LogP contribution in [0.25, 0.3) is 0 Å². The van der Waals surface area contributed by atoms with Crippen LogP contribution in [-0.2, 0) is 5.75 Å². The summed E-state index contributed by atoms with van der Waals surface area (Å²) in [6, 6.07) is 8.91. The summed E-state index contributed by atoms with van der Waals surface area (Å²) in [4.78, 5) is 0. The number of rotatable bonds is 4. The molecule has 2 N–H and O–H groups in total. The maximum atomic E-state index is 6.13. The van der Waals surface area contributed by atoms with E-state index in [0.29, 0.717) is 6.04 Å². The van der Waals surface area contributed by atoms with E-state index in [1.165, 1.54) is 11.1 Å². The molecule has 1 aromatic heterocycles. The summed E-state index contributed by atoms with van der Waals surface area (Å²) in [6.45, 7) is 8.33. The maximum Gasteiger partial charge on any atom is 0.118 e. The van der Waals surface area contributed by atoms with Crippen LogP contribution in [0.1, 0.15) is 36.7 Å². The molecule has 19 heavy (non-hydrogen) atoms. The molecule has 0 amide bonds. The van der Waals surface area contributed by atoms with Gasteiger partial charge in [-0.3, -0.25) is 4.68 Å². The van der Waals surface area contributed by atoms with Gasteiger partial charge in [0.15, 0.2) is 0 Å². The molecule has 0 spiro atoms. The van der Waals surface area contributed by atoms with Crippen LogP contribution in [0.3, 0.4) is 0 Å². The van der Waals surface area contributed by atoms with Crippen molar-refractivity contribution in [3.8, 4) is 0 Å². The number of nitrogen functional groups attached to an aromatic ring is 1. The standard InChI is InChI=1S/C15H21N3S/c1-10(2)18-15(14(16)12(4)17-18)19-9-13-7-5-6-11(3)8-13/h5-8,10H,9,16H2,1-4H3. The summed E-state index contributed by atoms with van der Waals surface area (Å²) in [6.07, 6.45) is 0. The van der Waals surface area contributed by atoms with E-state index in [-0.39, 0.29) is 0 Å². The zero-order valence-electron chi connectivity index (χ0n) is 12.0. The number of aromatic nitrogens is 2. The predicted molar refractivity (Wildman–Crippen MR) is 82.5 cm³/mol. The molecule has 2 rings (SSSR count). The highest BCUT2D eigenvalue weighted by molar-refractivity contribution is 7.98. The van der Waals surface area contributed by atoms with Gasteiger partial charge in [0.05, 0.1) is 11.4 Å². The normalized spacial score (nSPS) is 11.2. The van der Waals surface area contributed by atoms with Crippen molar-refractivity contribution in [2.45, 2.75) is 44.5 Å². The number of hydrogen-bond acceptors (Lipinski definition) is 3. The first-order chi connectivity index (χ1) is 8.99. The van der Waals surface area contributed by atoms with Crippen LogP contribution in [0.2, 0.25) is 0 Å². The fourth-order valence-electron chi connectivity index (χ4n) is 1.99. The Kier molecular flexibility index (Phi) is 4.20. The molecular weight excluding hydrogens is 254 g/mol. The first-order valence-corrected chi connectivity index (χ1v) is 7.50. The lowest BCUT2D eigenvalue weighted by molar-refractivity contribution is 0.491. The van der Waals surface area contributed by atoms with Gasteiger partial charge in [0.2, 0.25) is 0 Å². The van der Waals surface area contributed by atoms with Crippen molar-refractivity contribution in [1.82, 2.24) is 9.78 Å². The second-order valence-corrected chi connectivity index (χ2v) is 6.08. The van der Waals surface area contributed by atoms with Crippen LogP contribution in [0.15, 0.2) is 29.3 Å². The number of benzene rings is 1. The SMILES string of the molecule is Cc1cccc(CSc2c(N)c(C)nn2C(C)C)c1. The zero-order chi connectivity index (χ0) is 14.0. The second kappa shape index (κ2) is 5.70. The second-order valence-electron chi connectivity index (χ2n) is 5.12. The lowest BCUT2D eigenvalue weighted by atomic mass is 10.2. The minimum absolute atomic E-state index is 0.330. The third kappa shape index (κ3) is 3.13. The lowest BCUT2D eigenvalue weighted by Crippen LogP contribution is -2.05. The van der Waals surface area contributed by atoms with Gasteiger partial charge < -0.3 is 5.73 Å². The molecule has 0 aliphatic rings. The van der Waals surface area contributed by atoms with E-state index >= 15 is 0 Å². The minimum atomic E-state index is 0.330. The molecule has 0 bridgehead atoms. The van der Waals surface area contributed by atoms with Gasteiger partial charge in [-0.1, -0.05) is 41.6 Å². The van der Waals surface area contributed by atoms with Crippen molar-refractivity contribution in [1.29, 1.82) is 0 Å². The summed E-state index contributed by atoms with van der Waals surface area (Å²) < 4.78 is 2.02. The van der Waals surface area contributed by atoms with Gasteiger partial charge in [-0.15, -0.1) is 0 Å². The Morgan fingerprint density at radius 2 is 2.05 bits per heavy atom. The molecule has 0 aliphatic heterocycles. The van der Waals surface area contributed by atoms with Gasteiger partial charge in [0.1, 0.15) is 5.03 Å². The molecule has 0 unspecified atom stereocenters. The quantitative estimate of drug-likeness (QED) is 0.859. The van der Waals surface area contributed by atoms with Crippen molar-refractivity contribution in [3.63, 3.8) is 0 Å². The molecule has 102 valence electrons. The number of aryl methyl sites for hydroxylation is 2. The predicted octanol–water partition coefficient (Wildman–Crippen LogP) is 3.96. The fourth-order valence-corrected chi connectivity index (χ4v) is 3.16. The van der Waals surface area contributed by atoms with E-state index in [2.05, 4.69) is 50.1 Å². The maximum absolute atomic E-state index is 6.13. The van der Waals surface area contributed by atoms with Gasteiger partial charge >= 0.3 is 0 Å². The highest BCUT2D eigenvalue weighted by Crippen LogP contribution is 2.32. The summed E-state index contributed by atoms with van der Waals surface area (Å²) in [7, 11) is 0. The summed E-state index contributed by atoms with van der Waals surface area (Å²) in [5.41, 5.74) is 10.5. The topological polar surface area (TPSA) is 43.8 Å². The fraction of sp³-hybridized carbons (Fsp3) is 0.400. The van der Waals surface area contributed by atoms with Crippen LogP contribution in [0.5, 0.6) is 0 Å². The molecule has 0 saturated heterocycles. The highest BCUT2D eigenvalue weighted by atomic mass is 32.2. The van der Waals surface area contributed by atoms with E-state index in [4.69, 9.17) is 5.73 Å². The van der Waals surface area contributed by atoms with Gasteiger partial charge in [-0.2, -0.15) is 5.10 Å². The first kappa shape index (κ1) is 14.0. The van der Waals surface area contributed by atoms with Crippen molar-refractivity contribution in [2.24, 2.45) is 0 Å². The molecule has 3 nitrogen and oxygen atoms in total. The largest absolute Gasteiger partial charge is 0.395 e. The Bertz CT molecular complexity index is 573. The van der Waals surface area contributed by atoms with Gasteiger partial charge in [-0.05, 0) is 33.3 Å². The average Bonchev–Trinajstić information content (AvgIpc) is 2.64. The Labute approximate surface area is 119 Å². The van der Waals surface area contributed by atoms with Crippen molar-refractivity contribution in [3.05, 3.63) is 41.1 Å². The van der Waals surface area contributed by atoms with Crippen LogP contribution in [-0.4, -0.2) is 9.78 Å². The molecule has 0 aliphatic carbocycles. The lowest BCUT2D eigenvalue weighted by Gasteiger charge is -2.11. The summed E-state index contributed by atoms with van der Waals surface area (Å²) >= 11 is 1.76. The Morgan fingerprint density at radius 1 is 1.32 bits per heavy atom. The third-order valence-electron chi connectivity index (χ3n) is 3.03. The molecule has 0 radical (unpaired) electrons. The smallest absolute Gasteiger partial charge is 0.118 e. The average molecular weight is 275 g/mol. The van der Waals surface area contributed by atoms with E-state index in [9.17, 15) is 0 Å². The number of nitrogens with two attached hydrogens (primary N) is 1. The van der Waals surface area contributed by atoms with E-state index in [1.807, 2.05) is 11.6 Å². The number of thioether (sulfide) groups is 1. The van der Waals surface area contributed by atoms with E-state index in [0.717, 1.165) is 22.2 Å². The minimum Gasteiger partial charge on any atom is -0.395 e. The van der Waals surface area contributed by atoms with E-state index in [1.54, 1.807) is 11.8 Å². The van der Waals surface area contributed by atoms with Crippen molar-refractivity contribution < 1.29 is 0 Å². The Hall–Kier alpha value is -1.42. The molecular formula is C15H21N3S. The molecule has 2 aromatic rings. The van der Waals surface area contributed by atoms with Gasteiger partial charge in [-0.25, -0.2) is 0 Å². The first-order valence-electron chi connectivity index (χ1n) is 6.52. The van der Waals surface area contributed by atoms with Crippen LogP contribution < -0.4 is 5.73 Å². The molecule has 0 saturated carbocycles. The van der Waals surface area contributed by atoms with Crippen molar-refractivity contribution in [2.75, 3.05) is 5.73 Å². The van der Waals surface area contributed by atoms with E-state index < -0.39 is 0 Å². The van der Waals surface area contributed by atoms with Crippen LogP contribution in [0, 0.1) is 13.8 Å². The number of anilines is 1. The monoisotopic (exact) mass is 275 g/mol. The van der Waals surface area contributed by atoms with Crippen molar-refractivity contribution >= 4 is 17.4 Å². The van der Waals surface area contributed by atoms with Gasteiger partial charge in [0.25, 0.3) is 0 Å². The molecule has 0 atom stereocenters. The molecule has 1 aromatic carbocycles. The zero-order valence-corrected chi connectivity index (χ0v) is 12.8. The van der Waals surface area contributed by atoms with Crippen LogP contribution in [0.4, 0.5) is 5.69 Å². The third-order valence-corrected chi connectivity index (χ3v) is 4.19. The Morgan fingerprint density at radius 3 is 2.68 bits per heavy atom. The van der Waals surface area contributed by atoms with Crippen LogP contribution >= 0.6 is 11.8 Å². The molecule has 1 heterocycles. The van der Waals surface area contributed by atoms with Gasteiger partial charge in [0, 0.05) is 11.8 Å². The Balaban J connectivity index is 2.19. The summed E-state index contributed by atoms with van der Waals surface area (Å²) in [5.74, 6) is 0.920. The summed E-state index contributed by atoms with van der Waals surface area (Å²) in [5, 5.41) is 5.59. The molecule has 4 heteroatoms. The number of hydrogen-bond donors (Lipinski definition) is 1. The molecule has 0 fully saturated rings. The highest BCUT2D eigenvalue weighted by Gasteiger charge is 2.15.